The standard InChI is InChI=1S/C14H20O4/c1-3-16-13-17-11-14(2,18-13)10-15-9-12-7-5-4-6-8-12/h4-8,13H,3,9-11H2,1-2H3. The lowest BCUT2D eigenvalue weighted by atomic mass is 10.1. The molecule has 4 nitrogen and oxygen atoms in total. The molecule has 0 radical (unpaired) electrons. The maximum atomic E-state index is 5.67. The van der Waals surface area contributed by atoms with Crippen LogP contribution in [-0.4, -0.2) is 31.9 Å². The molecule has 1 saturated heterocycles. The normalized spacial score (nSPS) is 27.6. The summed E-state index contributed by atoms with van der Waals surface area (Å²) < 4.78 is 22.0. The van der Waals surface area contributed by atoms with E-state index in [1.807, 2.05) is 44.2 Å². The Hall–Kier alpha value is -0.940. The molecule has 0 N–H and O–H groups in total. The molecular weight excluding hydrogens is 232 g/mol. The summed E-state index contributed by atoms with van der Waals surface area (Å²) in [4.78, 5) is 0. The summed E-state index contributed by atoms with van der Waals surface area (Å²) >= 11 is 0. The molecule has 18 heavy (non-hydrogen) atoms. The quantitative estimate of drug-likeness (QED) is 0.778. The van der Waals surface area contributed by atoms with Gasteiger partial charge >= 0.3 is 0 Å². The fourth-order valence-electron chi connectivity index (χ4n) is 1.80. The lowest BCUT2D eigenvalue weighted by Gasteiger charge is -2.21. The van der Waals surface area contributed by atoms with Gasteiger partial charge in [0, 0.05) is 6.61 Å². The fourth-order valence-corrected chi connectivity index (χ4v) is 1.80. The minimum Gasteiger partial charge on any atom is -0.374 e. The van der Waals surface area contributed by atoms with Crippen molar-refractivity contribution in [3.05, 3.63) is 35.9 Å². The van der Waals surface area contributed by atoms with Gasteiger partial charge in [-0.2, -0.15) is 0 Å². The van der Waals surface area contributed by atoms with Crippen LogP contribution in [0.1, 0.15) is 19.4 Å². The van der Waals surface area contributed by atoms with Crippen molar-refractivity contribution in [3.63, 3.8) is 0 Å². The maximum Gasteiger partial charge on any atom is 0.272 e. The molecule has 4 heteroatoms. The van der Waals surface area contributed by atoms with Gasteiger partial charge in [-0.3, -0.25) is 0 Å². The van der Waals surface area contributed by atoms with E-state index in [-0.39, 0.29) is 0 Å². The summed E-state index contributed by atoms with van der Waals surface area (Å²) in [5.41, 5.74) is 0.732. The highest BCUT2D eigenvalue weighted by Crippen LogP contribution is 2.24. The second kappa shape index (κ2) is 6.29. The molecule has 0 amide bonds. The lowest BCUT2D eigenvalue weighted by Crippen LogP contribution is -2.34. The number of ether oxygens (including phenoxy) is 4. The van der Waals surface area contributed by atoms with E-state index in [1.54, 1.807) is 0 Å². The van der Waals surface area contributed by atoms with Gasteiger partial charge < -0.3 is 18.9 Å². The Morgan fingerprint density at radius 2 is 2.11 bits per heavy atom. The van der Waals surface area contributed by atoms with E-state index < -0.39 is 12.1 Å². The number of rotatable bonds is 6. The molecular formula is C14H20O4. The molecule has 2 atom stereocenters. The monoisotopic (exact) mass is 252 g/mol. The zero-order chi connectivity index (χ0) is 12.8. The first-order valence-electron chi connectivity index (χ1n) is 6.24. The Balaban J connectivity index is 1.73. The summed E-state index contributed by atoms with van der Waals surface area (Å²) in [6.07, 6.45) is 0. The lowest BCUT2D eigenvalue weighted by molar-refractivity contribution is -0.250. The van der Waals surface area contributed by atoms with Gasteiger partial charge in [-0.15, -0.1) is 0 Å². The molecule has 2 unspecified atom stereocenters. The van der Waals surface area contributed by atoms with Crippen molar-refractivity contribution in [2.75, 3.05) is 19.8 Å². The second-order valence-electron chi connectivity index (χ2n) is 4.60. The Kier molecular flexibility index (Phi) is 4.72. The van der Waals surface area contributed by atoms with Gasteiger partial charge in [-0.25, -0.2) is 0 Å². The molecule has 1 aromatic rings. The molecule has 0 aliphatic carbocycles. The van der Waals surface area contributed by atoms with Crippen LogP contribution in [0.2, 0.25) is 0 Å². The number of hydrogen-bond donors (Lipinski definition) is 0. The predicted molar refractivity (Wildman–Crippen MR) is 67.0 cm³/mol. The van der Waals surface area contributed by atoms with E-state index in [0.29, 0.717) is 26.4 Å². The third-order valence-electron chi connectivity index (χ3n) is 2.73. The van der Waals surface area contributed by atoms with E-state index >= 15 is 0 Å². The van der Waals surface area contributed by atoms with Gasteiger partial charge in [0.1, 0.15) is 5.60 Å². The molecule has 1 aromatic carbocycles. The third-order valence-corrected chi connectivity index (χ3v) is 2.73. The van der Waals surface area contributed by atoms with Crippen molar-refractivity contribution in [1.82, 2.24) is 0 Å². The van der Waals surface area contributed by atoms with Crippen molar-refractivity contribution in [2.45, 2.75) is 32.5 Å². The molecule has 1 fully saturated rings. The van der Waals surface area contributed by atoms with E-state index in [1.165, 1.54) is 0 Å². The average molecular weight is 252 g/mol. The largest absolute Gasteiger partial charge is 0.374 e. The topological polar surface area (TPSA) is 36.9 Å². The van der Waals surface area contributed by atoms with E-state index in [4.69, 9.17) is 18.9 Å². The maximum absolute atomic E-state index is 5.67. The zero-order valence-corrected chi connectivity index (χ0v) is 10.9. The number of hydrogen-bond acceptors (Lipinski definition) is 4. The predicted octanol–water partition coefficient (Wildman–Crippen LogP) is 2.33. The average Bonchev–Trinajstić information content (AvgIpc) is 2.73. The van der Waals surface area contributed by atoms with Crippen molar-refractivity contribution < 1.29 is 18.9 Å². The summed E-state index contributed by atoms with van der Waals surface area (Å²) in [6.45, 7) is 5.47. The minimum absolute atomic E-state index is 0.422. The van der Waals surface area contributed by atoms with Gasteiger partial charge in [0.2, 0.25) is 0 Å². The van der Waals surface area contributed by atoms with E-state index in [9.17, 15) is 0 Å². The zero-order valence-electron chi connectivity index (χ0n) is 10.9. The second-order valence-corrected chi connectivity index (χ2v) is 4.60. The highest BCUT2D eigenvalue weighted by atomic mass is 16.9. The van der Waals surface area contributed by atoms with Gasteiger partial charge in [0.25, 0.3) is 6.48 Å². The summed E-state index contributed by atoms with van der Waals surface area (Å²) in [6, 6.07) is 10.1. The van der Waals surface area contributed by atoms with Crippen LogP contribution >= 0.6 is 0 Å². The summed E-state index contributed by atoms with van der Waals surface area (Å²) in [5.74, 6) is 0. The van der Waals surface area contributed by atoms with Crippen LogP contribution in [0.25, 0.3) is 0 Å². The van der Waals surface area contributed by atoms with Crippen LogP contribution < -0.4 is 0 Å². The van der Waals surface area contributed by atoms with Crippen molar-refractivity contribution in [3.8, 4) is 0 Å². The molecule has 0 aromatic heterocycles. The fraction of sp³-hybridized carbons (Fsp3) is 0.571. The van der Waals surface area contributed by atoms with Crippen molar-refractivity contribution in [2.24, 2.45) is 0 Å². The third kappa shape index (κ3) is 3.78. The van der Waals surface area contributed by atoms with Crippen LogP contribution in [0.4, 0.5) is 0 Å². The molecule has 0 spiro atoms. The van der Waals surface area contributed by atoms with Crippen molar-refractivity contribution >= 4 is 0 Å². The Labute approximate surface area is 108 Å². The molecule has 1 heterocycles. The van der Waals surface area contributed by atoms with E-state index in [2.05, 4.69) is 0 Å². The summed E-state index contributed by atoms with van der Waals surface area (Å²) in [5, 5.41) is 0. The van der Waals surface area contributed by atoms with Gasteiger partial charge in [-0.05, 0) is 19.4 Å². The van der Waals surface area contributed by atoms with Crippen LogP contribution in [0.3, 0.4) is 0 Å². The van der Waals surface area contributed by atoms with Crippen LogP contribution in [0, 0.1) is 0 Å². The molecule has 1 aliphatic heterocycles. The molecule has 1 aliphatic rings. The number of benzene rings is 1. The molecule has 100 valence electrons. The highest BCUT2D eigenvalue weighted by Gasteiger charge is 2.37. The van der Waals surface area contributed by atoms with Crippen molar-refractivity contribution in [1.29, 1.82) is 0 Å². The van der Waals surface area contributed by atoms with E-state index in [0.717, 1.165) is 5.56 Å². The Morgan fingerprint density at radius 1 is 1.33 bits per heavy atom. The van der Waals surface area contributed by atoms with Gasteiger partial charge in [0.15, 0.2) is 0 Å². The first kappa shape index (κ1) is 13.5. The molecule has 0 saturated carbocycles. The first-order chi connectivity index (χ1) is 8.72. The SMILES string of the molecule is CCOC1OCC(C)(COCc2ccccc2)O1. The van der Waals surface area contributed by atoms with Gasteiger partial charge in [0.05, 0.1) is 19.8 Å². The van der Waals surface area contributed by atoms with Crippen LogP contribution in [-0.2, 0) is 25.6 Å². The Bertz CT molecular complexity index is 354. The van der Waals surface area contributed by atoms with Crippen LogP contribution in [0.15, 0.2) is 30.3 Å². The molecule has 0 bridgehead atoms. The minimum atomic E-state index is -0.555. The smallest absolute Gasteiger partial charge is 0.272 e. The molecule has 2 rings (SSSR count). The highest BCUT2D eigenvalue weighted by molar-refractivity contribution is 5.13. The van der Waals surface area contributed by atoms with Crippen LogP contribution in [0.5, 0.6) is 0 Å². The summed E-state index contributed by atoms with van der Waals surface area (Å²) in [7, 11) is 0. The Morgan fingerprint density at radius 3 is 2.83 bits per heavy atom. The van der Waals surface area contributed by atoms with Gasteiger partial charge in [-0.1, -0.05) is 30.3 Å². The first-order valence-corrected chi connectivity index (χ1v) is 6.24.